The van der Waals surface area contributed by atoms with Crippen molar-refractivity contribution in [3.05, 3.63) is 18.2 Å². The lowest BCUT2D eigenvalue weighted by molar-refractivity contribution is -0.152. The van der Waals surface area contributed by atoms with E-state index in [0.29, 0.717) is 0 Å². The Balaban J connectivity index is 1.94. The van der Waals surface area contributed by atoms with Crippen molar-refractivity contribution >= 4 is 5.97 Å². The number of carboxylic acid groups (broad SMARTS) is 1. The summed E-state index contributed by atoms with van der Waals surface area (Å²) in [6.45, 7) is 7.84. The Labute approximate surface area is 127 Å². The Hall–Kier alpha value is -1.36. The van der Waals surface area contributed by atoms with Gasteiger partial charge in [-0.15, -0.1) is 0 Å². The third-order valence-corrected chi connectivity index (χ3v) is 4.64. The lowest BCUT2D eigenvalue weighted by Gasteiger charge is -2.38. The number of carboxylic acids is 1. The Bertz CT molecular complexity index is 462. The second-order valence-electron chi connectivity index (χ2n) is 6.19. The van der Waals surface area contributed by atoms with Crippen LogP contribution >= 0.6 is 0 Å². The molecule has 1 aromatic heterocycles. The summed E-state index contributed by atoms with van der Waals surface area (Å²) in [7, 11) is 0. The second kappa shape index (κ2) is 7.07. The summed E-state index contributed by atoms with van der Waals surface area (Å²) >= 11 is 0. The molecule has 1 aliphatic rings. The number of piperidine rings is 1. The van der Waals surface area contributed by atoms with Gasteiger partial charge in [0.15, 0.2) is 0 Å². The molecule has 5 nitrogen and oxygen atoms in total. The molecule has 5 heteroatoms. The van der Waals surface area contributed by atoms with Gasteiger partial charge in [-0.25, -0.2) is 4.98 Å². The van der Waals surface area contributed by atoms with Crippen molar-refractivity contribution in [1.82, 2.24) is 14.5 Å². The fourth-order valence-electron chi connectivity index (χ4n) is 3.34. The average Bonchev–Trinajstić information content (AvgIpc) is 2.89. The predicted molar refractivity (Wildman–Crippen MR) is 82.0 cm³/mol. The number of hydrogen-bond donors (Lipinski definition) is 1. The normalized spacial score (nSPS) is 18.8. The maximum absolute atomic E-state index is 11.6. The maximum Gasteiger partial charge on any atom is 0.309 e. The standard InChI is InChI=1S/C16H27N3O2/c1-3-5-16(15(20)21)6-9-18(10-7-16)12-14-11-17-13-19(14)8-4-2/h11,13H,3-10,12H2,1-2H3,(H,20,21). The van der Waals surface area contributed by atoms with Gasteiger partial charge in [0.2, 0.25) is 0 Å². The van der Waals surface area contributed by atoms with Crippen LogP contribution in [-0.4, -0.2) is 38.6 Å². The van der Waals surface area contributed by atoms with Crippen LogP contribution < -0.4 is 0 Å². The summed E-state index contributed by atoms with van der Waals surface area (Å²) in [5.74, 6) is -0.611. The molecule has 2 rings (SSSR count). The minimum absolute atomic E-state index is 0.491. The van der Waals surface area contributed by atoms with Crippen LogP contribution in [0.4, 0.5) is 0 Å². The summed E-state index contributed by atoms with van der Waals surface area (Å²) in [4.78, 5) is 18.2. The third kappa shape index (κ3) is 3.64. The van der Waals surface area contributed by atoms with Crippen LogP contribution in [0.1, 0.15) is 51.6 Å². The first-order valence-corrected chi connectivity index (χ1v) is 8.06. The van der Waals surface area contributed by atoms with Crippen LogP contribution in [0, 0.1) is 5.41 Å². The van der Waals surface area contributed by atoms with E-state index in [1.54, 1.807) is 0 Å². The zero-order chi connectivity index (χ0) is 15.3. The van der Waals surface area contributed by atoms with E-state index < -0.39 is 11.4 Å². The number of aryl methyl sites for hydroxylation is 1. The predicted octanol–water partition coefficient (Wildman–Crippen LogP) is 2.76. The van der Waals surface area contributed by atoms with Crippen molar-refractivity contribution in [3.8, 4) is 0 Å². The minimum atomic E-state index is -0.611. The SMILES string of the molecule is CCCn1cncc1CN1CCC(CCC)(C(=O)O)CC1. The topological polar surface area (TPSA) is 58.4 Å². The van der Waals surface area contributed by atoms with Crippen molar-refractivity contribution in [2.45, 2.75) is 59.0 Å². The quantitative estimate of drug-likeness (QED) is 0.840. The second-order valence-corrected chi connectivity index (χ2v) is 6.19. The Kier molecular flexibility index (Phi) is 5.39. The fraction of sp³-hybridized carbons (Fsp3) is 0.750. The van der Waals surface area contributed by atoms with E-state index in [1.807, 2.05) is 12.5 Å². The van der Waals surface area contributed by atoms with E-state index in [0.717, 1.165) is 58.3 Å². The molecule has 0 amide bonds. The van der Waals surface area contributed by atoms with E-state index in [1.165, 1.54) is 5.69 Å². The van der Waals surface area contributed by atoms with Gasteiger partial charge >= 0.3 is 5.97 Å². The van der Waals surface area contributed by atoms with Gasteiger partial charge in [-0.3, -0.25) is 9.69 Å². The third-order valence-electron chi connectivity index (χ3n) is 4.64. The first-order chi connectivity index (χ1) is 10.1. The summed E-state index contributed by atoms with van der Waals surface area (Å²) in [6.07, 6.45) is 8.18. The van der Waals surface area contributed by atoms with E-state index >= 15 is 0 Å². The van der Waals surface area contributed by atoms with E-state index in [9.17, 15) is 9.90 Å². The molecule has 1 saturated heterocycles. The number of nitrogens with zero attached hydrogens (tertiary/aromatic N) is 3. The van der Waals surface area contributed by atoms with Crippen molar-refractivity contribution in [3.63, 3.8) is 0 Å². The van der Waals surface area contributed by atoms with Crippen LogP contribution in [0.2, 0.25) is 0 Å². The molecule has 2 heterocycles. The molecule has 1 fully saturated rings. The van der Waals surface area contributed by atoms with Crippen LogP contribution in [-0.2, 0) is 17.9 Å². The molecule has 0 aliphatic carbocycles. The Morgan fingerprint density at radius 1 is 1.33 bits per heavy atom. The van der Waals surface area contributed by atoms with Crippen molar-refractivity contribution in [1.29, 1.82) is 0 Å². The highest BCUT2D eigenvalue weighted by Crippen LogP contribution is 2.36. The molecular formula is C16H27N3O2. The highest BCUT2D eigenvalue weighted by molar-refractivity contribution is 5.74. The van der Waals surface area contributed by atoms with E-state index in [2.05, 4.69) is 28.3 Å². The minimum Gasteiger partial charge on any atom is -0.481 e. The van der Waals surface area contributed by atoms with Gasteiger partial charge in [0.1, 0.15) is 0 Å². The monoisotopic (exact) mass is 293 g/mol. The Morgan fingerprint density at radius 2 is 2.05 bits per heavy atom. The van der Waals surface area contributed by atoms with Gasteiger partial charge < -0.3 is 9.67 Å². The molecule has 1 aliphatic heterocycles. The molecule has 21 heavy (non-hydrogen) atoms. The number of imidazole rings is 1. The number of aliphatic carboxylic acids is 1. The number of rotatable bonds is 7. The number of likely N-dealkylation sites (tertiary alicyclic amines) is 1. The molecule has 1 aromatic rings. The molecule has 1 N–H and O–H groups in total. The number of hydrogen-bond acceptors (Lipinski definition) is 3. The zero-order valence-electron chi connectivity index (χ0n) is 13.2. The summed E-state index contributed by atoms with van der Waals surface area (Å²) < 4.78 is 2.20. The van der Waals surface area contributed by atoms with E-state index in [-0.39, 0.29) is 0 Å². The number of aromatic nitrogens is 2. The van der Waals surface area contributed by atoms with Gasteiger partial charge in [0, 0.05) is 19.3 Å². The molecule has 0 radical (unpaired) electrons. The molecule has 0 spiro atoms. The molecule has 0 unspecified atom stereocenters. The summed E-state index contributed by atoms with van der Waals surface area (Å²) in [6, 6.07) is 0. The smallest absolute Gasteiger partial charge is 0.309 e. The summed E-state index contributed by atoms with van der Waals surface area (Å²) in [5.41, 5.74) is 0.740. The van der Waals surface area contributed by atoms with Crippen LogP contribution in [0.25, 0.3) is 0 Å². The lowest BCUT2D eigenvalue weighted by atomic mass is 9.75. The highest BCUT2D eigenvalue weighted by atomic mass is 16.4. The van der Waals surface area contributed by atoms with Crippen molar-refractivity contribution < 1.29 is 9.90 Å². The first kappa shape index (κ1) is 16.0. The Morgan fingerprint density at radius 3 is 2.62 bits per heavy atom. The summed E-state index contributed by atoms with van der Waals surface area (Å²) in [5, 5.41) is 9.54. The molecule has 0 bridgehead atoms. The molecule has 118 valence electrons. The van der Waals surface area contributed by atoms with Crippen LogP contribution in [0.3, 0.4) is 0 Å². The number of carbonyl (C=O) groups is 1. The van der Waals surface area contributed by atoms with Crippen molar-refractivity contribution in [2.75, 3.05) is 13.1 Å². The van der Waals surface area contributed by atoms with Gasteiger partial charge in [-0.05, 0) is 38.8 Å². The fourth-order valence-corrected chi connectivity index (χ4v) is 3.34. The molecular weight excluding hydrogens is 266 g/mol. The molecule has 0 saturated carbocycles. The van der Waals surface area contributed by atoms with Crippen molar-refractivity contribution in [2.24, 2.45) is 5.41 Å². The van der Waals surface area contributed by atoms with Gasteiger partial charge in [0.25, 0.3) is 0 Å². The van der Waals surface area contributed by atoms with Gasteiger partial charge in [-0.1, -0.05) is 20.3 Å². The highest BCUT2D eigenvalue weighted by Gasteiger charge is 2.40. The molecule has 0 aromatic carbocycles. The molecule has 0 atom stereocenters. The van der Waals surface area contributed by atoms with E-state index in [4.69, 9.17) is 0 Å². The maximum atomic E-state index is 11.6. The van der Waals surface area contributed by atoms with Gasteiger partial charge in [0.05, 0.1) is 17.4 Å². The first-order valence-electron chi connectivity index (χ1n) is 8.06. The lowest BCUT2D eigenvalue weighted by Crippen LogP contribution is -2.44. The van der Waals surface area contributed by atoms with Gasteiger partial charge in [-0.2, -0.15) is 0 Å². The van der Waals surface area contributed by atoms with Crippen LogP contribution in [0.5, 0.6) is 0 Å². The zero-order valence-corrected chi connectivity index (χ0v) is 13.2. The largest absolute Gasteiger partial charge is 0.481 e. The average molecular weight is 293 g/mol. The van der Waals surface area contributed by atoms with Crippen LogP contribution in [0.15, 0.2) is 12.5 Å².